The van der Waals surface area contributed by atoms with Gasteiger partial charge in [0.25, 0.3) is 5.91 Å². The maximum absolute atomic E-state index is 12.5. The summed E-state index contributed by atoms with van der Waals surface area (Å²) in [6.45, 7) is 1.59. The van der Waals surface area contributed by atoms with Crippen LogP contribution in [-0.2, 0) is 20.7 Å². The summed E-state index contributed by atoms with van der Waals surface area (Å²) in [4.78, 5) is 29.1. The van der Waals surface area contributed by atoms with E-state index in [0.29, 0.717) is 0 Å². The molecule has 0 saturated heterocycles. The first-order valence-electron chi connectivity index (χ1n) is 9.72. The number of nitrogens with one attached hydrogen (secondary N) is 1. The topological polar surface area (TPSA) is 68.3 Å². The summed E-state index contributed by atoms with van der Waals surface area (Å²) in [5.41, 5.74) is 3.32. The number of aromatic nitrogens is 1. The van der Waals surface area contributed by atoms with E-state index in [9.17, 15) is 9.59 Å². The molecular weight excluding hydrogens is 384 g/mol. The largest absolute Gasteiger partial charge is 0.449 e. The van der Waals surface area contributed by atoms with Gasteiger partial charge in [-0.1, -0.05) is 36.4 Å². The summed E-state index contributed by atoms with van der Waals surface area (Å²) < 4.78 is 6.33. The third-order valence-corrected chi connectivity index (χ3v) is 6.02. The van der Waals surface area contributed by atoms with Crippen LogP contribution in [0, 0.1) is 0 Å². The fourth-order valence-electron chi connectivity index (χ4n) is 3.56. The van der Waals surface area contributed by atoms with Crippen molar-refractivity contribution in [2.45, 2.75) is 38.3 Å². The maximum atomic E-state index is 12.5. The van der Waals surface area contributed by atoms with Crippen molar-refractivity contribution in [1.29, 1.82) is 0 Å². The quantitative estimate of drug-likeness (QED) is 0.503. The van der Waals surface area contributed by atoms with Gasteiger partial charge in [0.1, 0.15) is 5.01 Å². The number of ether oxygens (including phenoxy) is 1. The molecule has 2 atom stereocenters. The number of para-hydroxylation sites is 1. The van der Waals surface area contributed by atoms with Crippen molar-refractivity contribution in [2.24, 2.45) is 0 Å². The molecule has 29 heavy (non-hydrogen) atoms. The van der Waals surface area contributed by atoms with Crippen LogP contribution in [0.3, 0.4) is 0 Å². The minimum Gasteiger partial charge on any atom is -0.449 e. The van der Waals surface area contributed by atoms with E-state index in [1.807, 2.05) is 36.4 Å². The number of fused-ring (bicyclic) bond motifs is 2. The Hall–Kier alpha value is -2.99. The second-order valence-electron chi connectivity index (χ2n) is 7.08. The van der Waals surface area contributed by atoms with Crippen LogP contribution in [0.1, 0.15) is 41.9 Å². The Morgan fingerprint density at radius 1 is 1.21 bits per heavy atom. The number of nitrogens with zero attached hydrogens (tertiary/aromatic N) is 1. The molecule has 3 aromatic rings. The maximum Gasteiger partial charge on any atom is 0.331 e. The molecule has 1 amide bonds. The number of carbonyl (C=O) groups excluding carboxylic acids is 2. The van der Waals surface area contributed by atoms with Crippen molar-refractivity contribution in [3.8, 4) is 0 Å². The van der Waals surface area contributed by atoms with Crippen molar-refractivity contribution in [1.82, 2.24) is 10.3 Å². The van der Waals surface area contributed by atoms with Gasteiger partial charge in [-0.3, -0.25) is 4.79 Å². The lowest BCUT2D eigenvalue weighted by Crippen LogP contribution is -2.39. The van der Waals surface area contributed by atoms with Gasteiger partial charge in [0.05, 0.1) is 16.3 Å². The molecule has 1 heterocycles. The summed E-state index contributed by atoms with van der Waals surface area (Å²) in [6, 6.07) is 15.9. The van der Waals surface area contributed by atoms with Gasteiger partial charge in [0, 0.05) is 6.08 Å². The molecule has 5 nitrogen and oxygen atoms in total. The number of rotatable bonds is 5. The second-order valence-corrected chi connectivity index (χ2v) is 8.15. The molecular formula is C23H22N2O3S. The van der Waals surface area contributed by atoms with Crippen molar-refractivity contribution in [2.75, 3.05) is 0 Å². The number of esters is 1. The zero-order valence-electron chi connectivity index (χ0n) is 16.1. The first-order valence-corrected chi connectivity index (χ1v) is 10.5. The second kappa shape index (κ2) is 8.57. The molecule has 148 valence electrons. The molecule has 0 unspecified atom stereocenters. The average Bonchev–Trinajstić information content (AvgIpc) is 3.15. The molecule has 0 bridgehead atoms. The monoisotopic (exact) mass is 406 g/mol. The van der Waals surface area contributed by atoms with Crippen molar-refractivity contribution < 1.29 is 14.3 Å². The minimum absolute atomic E-state index is 0.0353. The van der Waals surface area contributed by atoms with Crippen molar-refractivity contribution >= 4 is 39.5 Å². The molecule has 1 aliphatic carbocycles. The normalized spacial score (nSPS) is 17.1. The van der Waals surface area contributed by atoms with E-state index in [-0.39, 0.29) is 11.9 Å². The van der Waals surface area contributed by atoms with Crippen LogP contribution >= 0.6 is 11.3 Å². The smallest absolute Gasteiger partial charge is 0.331 e. The summed E-state index contributed by atoms with van der Waals surface area (Å²) >= 11 is 1.50. The summed E-state index contributed by atoms with van der Waals surface area (Å²) in [6.07, 6.45) is 5.02. The van der Waals surface area contributed by atoms with E-state index >= 15 is 0 Å². The van der Waals surface area contributed by atoms with E-state index in [4.69, 9.17) is 4.74 Å². The molecule has 1 aliphatic rings. The van der Waals surface area contributed by atoms with Crippen LogP contribution in [0.25, 0.3) is 16.3 Å². The Balaban J connectivity index is 1.34. The van der Waals surface area contributed by atoms with Crippen LogP contribution in [0.4, 0.5) is 0 Å². The number of hydrogen-bond donors (Lipinski definition) is 1. The third kappa shape index (κ3) is 4.54. The minimum atomic E-state index is -0.864. The number of hydrogen-bond acceptors (Lipinski definition) is 5. The SMILES string of the molecule is C[C@H](OC(=O)/C=C/c1nc2ccccc2s1)C(=O)N[C@H]1CCCc2ccccc21. The van der Waals surface area contributed by atoms with E-state index < -0.39 is 12.1 Å². The van der Waals surface area contributed by atoms with Gasteiger partial charge < -0.3 is 10.1 Å². The third-order valence-electron chi connectivity index (χ3n) is 5.02. The molecule has 1 aromatic heterocycles. The summed E-state index contributed by atoms with van der Waals surface area (Å²) in [5.74, 6) is -0.843. The zero-order chi connectivity index (χ0) is 20.2. The van der Waals surface area contributed by atoms with Crippen LogP contribution in [0.2, 0.25) is 0 Å². The van der Waals surface area contributed by atoms with Gasteiger partial charge in [0.15, 0.2) is 6.10 Å². The van der Waals surface area contributed by atoms with Crippen molar-refractivity contribution in [3.05, 3.63) is 70.7 Å². The predicted octanol–water partition coefficient (Wildman–Crippen LogP) is 4.44. The van der Waals surface area contributed by atoms with Crippen LogP contribution in [-0.4, -0.2) is 23.0 Å². The molecule has 0 radical (unpaired) electrons. The summed E-state index contributed by atoms with van der Waals surface area (Å²) in [5, 5.41) is 3.74. The summed E-state index contributed by atoms with van der Waals surface area (Å²) in [7, 11) is 0. The van der Waals surface area contributed by atoms with Crippen LogP contribution < -0.4 is 5.32 Å². The lowest BCUT2D eigenvalue weighted by atomic mass is 9.87. The Morgan fingerprint density at radius 2 is 2.00 bits per heavy atom. The van der Waals surface area contributed by atoms with Gasteiger partial charge >= 0.3 is 5.97 Å². The lowest BCUT2D eigenvalue weighted by Gasteiger charge is -2.27. The number of benzene rings is 2. The number of amides is 1. The Bertz CT molecular complexity index is 1040. The van der Waals surface area contributed by atoms with E-state index in [1.54, 1.807) is 13.0 Å². The molecule has 1 N–H and O–H groups in total. The zero-order valence-corrected chi connectivity index (χ0v) is 16.9. The van der Waals surface area contributed by atoms with Gasteiger partial charge in [0.2, 0.25) is 0 Å². The molecule has 0 saturated carbocycles. The Kier molecular flexibility index (Phi) is 5.71. The molecule has 4 rings (SSSR count). The van der Waals surface area contributed by atoms with Gasteiger partial charge in [-0.15, -0.1) is 11.3 Å². The number of aryl methyl sites for hydroxylation is 1. The molecule has 2 aromatic carbocycles. The first-order chi connectivity index (χ1) is 14.1. The standard InChI is InChI=1S/C23H22N2O3S/c1-15(23(27)25-18-11-6-8-16-7-2-3-9-17(16)18)28-22(26)14-13-21-24-19-10-4-5-12-20(19)29-21/h2-5,7,9-10,12-15,18H,6,8,11H2,1H3,(H,25,27)/b14-13+/t15-,18-/m0/s1. The van der Waals surface area contributed by atoms with Crippen LogP contribution in [0.5, 0.6) is 0 Å². The highest BCUT2D eigenvalue weighted by molar-refractivity contribution is 7.19. The van der Waals surface area contributed by atoms with Gasteiger partial charge in [-0.25, -0.2) is 9.78 Å². The van der Waals surface area contributed by atoms with Crippen LogP contribution in [0.15, 0.2) is 54.6 Å². The number of carbonyl (C=O) groups is 2. The molecule has 0 fully saturated rings. The molecule has 0 aliphatic heterocycles. The number of thiazole rings is 1. The highest BCUT2D eigenvalue weighted by atomic mass is 32.1. The fraction of sp³-hybridized carbons (Fsp3) is 0.261. The van der Waals surface area contributed by atoms with Crippen molar-refractivity contribution in [3.63, 3.8) is 0 Å². The molecule has 0 spiro atoms. The Labute approximate surface area is 173 Å². The average molecular weight is 407 g/mol. The highest BCUT2D eigenvalue weighted by Crippen LogP contribution is 2.29. The predicted molar refractivity (Wildman–Crippen MR) is 114 cm³/mol. The highest BCUT2D eigenvalue weighted by Gasteiger charge is 2.24. The fourth-order valence-corrected chi connectivity index (χ4v) is 4.43. The lowest BCUT2D eigenvalue weighted by molar-refractivity contribution is -0.150. The van der Waals surface area contributed by atoms with Gasteiger partial charge in [-0.05, 0) is 55.5 Å². The van der Waals surface area contributed by atoms with E-state index in [1.165, 1.54) is 23.0 Å². The Morgan fingerprint density at radius 3 is 2.86 bits per heavy atom. The van der Waals surface area contributed by atoms with E-state index in [0.717, 1.165) is 40.1 Å². The molecule has 6 heteroatoms. The van der Waals surface area contributed by atoms with Gasteiger partial charge in [-0.2, -0.15) is 0 Å². The van der Waals surface area contributed by atoms with E-state index in [2.05, 4.69) is 22.4 Å². The first kappa shape index (κ1) is 19.3.